The predicted octanol–water partition coefficient (Wildman–Crippen LogP) is 0.482. The summed E-state index contributed by atoms with van der Waals surface area (Å²) >= 11 is 0. The van der Waals surface area contributed by atoms with E-state index in [4.69, 9.17) is 5.73 Å². The lowest BCUT2D eigenvalue weighted by Crippen LogP contribution is -2.53. The quantitative estimate of drug-likeness (QED) is 0.852. The van der Waals surface area contributed by atoms with E-state index in [-0.39, 0.29) is 18.4 Å². The Kier molecular flexibility index (Phi) is 3.01. The maximum Gasteiger partial charge on any atom is 0.238 e. The highest BCUT2D eigenvalue weighted by Crippen LogP contribution is 2.45. The van der Waals surface area contributed by atoms with Gasteiger partial charge in [-0.2, -0.15) is 0 Å². The number of likely N-dealkylation sites (N-methyl/N-ethyl adjacent to an activating group) is 1. The Hall–Kier alpha value is -1.88. The van der Waals surface area contributed by atoms with Gasteiger partial charge in [0.1, 0.15) is 0 Å². The van der Waals surface area contributed by atoms with Gasteiger partial charge in [0.25, 0.3) is 0 Å². The van der Waals surface area contributed by atoms with Gasteiger partial charge in [0, 0.05) is 19.3 Å². The summed E-state index contributed by atoms with van der Waals surface area (Å²) in [5.41, 5.74) is 6.86. The lowest BCUT2D eigenvalue weighted by Gasteiger charge is -2.38. The summed E-state index contributed by atoms with van der Waals surface area (Å²) in [6.45, 7) is 1.63. The summed E-state index contributed by atoms with van der Waals surface area (Å²) in [5.74, 6) is -0.206. The molecular formula is C15H19N3O2. The van der Waals surface area contributed by atoms with Crippen LogP contribution in [0.25, 0.3) is 0 Å². The molecule has 0 bridgehead atoms. The van der Waals surface area contributed by atoms with E-state index in [1.807, 2.05) is 36.2 Å². The molecule has 0 saturated carbocycles. The van der Waals surface area contributed by atoms with Crippen LogP contribution >= 0.6 is 0 Å². The van der Waals surface area contributed by atoms with E-state index < -0.39 is 5.41 Å². The third-order valence-electron chi connectivity index (χ3n) is 4.45. The Morgan fingerprint density at radius 1 is 1.40 bits per heavy atom. The van der Waals surface area contributed by atoms with Crippen LogP contribution in [0.4, 0.5) is 5.69 Å². The minimum Gasteiger partial charge on any atom is -0.369 e. The van der Waals surface area contributed by atoms with Crippen molar-refractivity contribution < 1.29 is 9.59 Å². The number of benzene rings is 1. The Labute approximate surface area is 118 Å². The monoisotopic (exact) mass is 273 g/mol. The molecule has 1 atom stereocenters. The molecular weight excluding hydrogens is 254 g/mol. The largest absolute Gasteiger partial charge is 0.369 e. The van der Waals surface area contributed by atoms with Crippen molar-refractivity contribution >= 4 is 17.5 Å². The standard InChI is InChI=1S/C15H19N3O2/c1-17-12-6-3-2-5-11(12)15(14(17)20)7-4-8-18(10-15)9-13(16)19/h2-3,5-6H,4,7-10H2,1H3,(H2,16,19). The zero-order valence-electron chi connectivity index (χ0n) is 11.6. The SMILES string of the molecule is CN1C(=O)C2(CCCN(CC(N)=O)C2)c2ccccc21. The maximum atomic E-state index is 12.8. The van der Waals surface area contributed by atoms with Crippen LogP contribution in [0.3, 0.4) is 0 Å². The van der Waals surface area contributed by atoms with E-state index in [1.165, 1.54) is 0 Å². The minimum absolute atomic E-state index is 0.132. The number of para-hydroxylation sites is 1. The van der Waals surface area contributed by atoms with Crippen LogP contribution in [0.15, 0.2) is 24.3 Å². The first-order valence-corrected chi connectivity index (χ1v) is 6.93. The molecule has 2 N–H and O–H groups in total. The molecule has 1 aromatic rings. The zero-order chi connectivity index (χ0) is 14.3. The fraction of sp³-hybridized carbons (Fsp3) is 0.467. The molecule has 5 heteroatoms. The maximum absolute atomic E-state index is 12.8. The number of rotatable bonds is 2. The van der Waals surface area contributed by atoms with E-state index in [0.717, 1.165) is 30.6 Å². The number of likely N-dealkylation sites (tertiary alicyclic amines) is 1. The van der Waals surface area contributed by atoms with Crippen molar-refractivity contribution in [3.05, 3.63) is 29.8 Å². The first kappa shape index (κ1) is 13.1. The number of nitrogens with zero attached hydrogens (tertiary/aromatic N) is 2. The van der Waals surface area contributed by atoms with Gasteiger partial charge >= 0.3 is 0 Å². The van der Waals surface area contributed by atoms with Crippen LogP contribution in [0.1, 0.15) is 18.4 Å². The molecule has 3 rings (SSSR count). The van der Waals surface area contributed by atoms with Gasteiger partial charge in [-0.15, -0.1) is 0 Å². The molecule has 0 aromatic heterocycles. The summed E-state index contributed by atoms with van der Waals surface area (Å²) in [4.78, 5) is 27.6. The number of carbonyl (C=O) groups is 2. The number of anilines is 1. The van der Waals surface area contributed by atoms with Gasteiger partial charge < -0.3 is 10.6 Å². The number of hydrogen-bond acceptors (Lipinski definition) is 3. The van der Waals surface area contributed by atoms with Crippen molar-refractivity contribution in [3.63, 3.8) is 0 Å². The summed E-state index contributed by atoms with van der Waals surface area (Å²) in [7, 11) is 1.82. The van der Waals surface area contributed by atoms with Gasteiger partial charge in [0.15, 0.2) is 0 Å². The molecule has 0 aliphatic carbocycles. The molecule has 2 aliphatic rings. The van der Waals surface area contributed by atoms with Crippen LogP contribution in [-0.4, -0.2) is 43.4 Å². The van der Waals surface area contributed by atoms with Crippen molar-refractivity contribution in [1.82, 2.24) is 4.90 Å². The molecule has 1 spiro atoms. The molecule has 20 heavy (non-hydrogen) atoms. The van der Waals surface area contributed by atoms with Gasteiger partial charge in [0.2, 0.25) is 11.8 Å². The molecule has 5 nitrogen and oxygen atoms in total. The minimum atomic E-state index is -0.501. The van der Waals surface area contributed by atoms with E-state index >= 15 is 0 Å². The molecule has 1 fully saturated rings. The highest BCUT2D eigenvalue weighted by atomic mass is 16.2. The topological polar surface area (TPSA) is 66.6 Å². The number of primary amides is 1. The van der Waals surface area contributed by atoms with Gasteiger partial charge in [-0.05, 0) is 31.0 Å². The fourth-order valence-electron chi connectivity index (χ4n) is 3.61. The van der Waals surface area contributed by atoms with E-state index in [1.54, 1.807) is 4.90 Å². The van der Waals surface area contributed by atoms with Crippen LogP contribution in [0.5, 0.6) is 0 Å². The first-order chi connectivity index (χ1) is 9.54. The number of piperidine rings is 1. The van der Waals surface area contributed by atoms with Gasteiger partial charge in [-0.3, -0.25) is 14.5 Å². The molecule has 2 heterocycles. The van der Waals surface area contributed by atoms with Crippen LogP contribution < -0.4 is 10.6 Å². The second kappa shape index (κ2) is 4.59. The van der Waals surface area contributed by atoms with Crippen molar-refractivity contribution in [2.75, 3.05) is 31.6 Å². The molecule has 106 valence electrons. The second-order valence-corrected chi connectivity index (χ2v) is 5.74. The van der Waals surface area contributed by atoms with Crippen LogP contribution in [0.2, 0.25) is 0 Å². The molecule has 1 unspecified atom stereocenters. The average molecular weight is 273 g/mol. The molecule has 0 radical (unpaired) electrons. The second-order valence-electron chi connectivity index (χ2n) is 5.74. The summed E-state index contributed by atoms with van der Waals surface area (Å²) in [6.07, 6.45) is 1.74. The van der Waals surface area contributed by atoms with Gasteiger partial charge in [-0.25, -0.2) is 0 Å². The summed E-state index contributed by atoms with van der Waals surface area (Å²) in [6, 6.07) is 7.94. The van der Waals surface area contributed by atoms with Crippen molar-refractivity contribution in [1.29, 1.82) is 0 Å². The van der Waals surface area contributed by atoms with E-state index in [9.17, 15) is 9.59 Å². The molecule has 1 aromatic carbocycles. The molecule has 2 amide bonds. The Bertz CT molecular complexity index is 572. The normalized spacial score (nSPS) is 26.1. The lowest BCUT2D eigenvalue weighted by atomic mass is 9.75. The van der Waals surface area contributed by atoms with Gasteiger partial charge in [-0.1, -0.05) is 18.2 Å². The van der Waals surface area contributed by atoms with Gasteiger partial charge in [0.05, 0.1) is 12.0 Å². The van der Waals surface area contributed by atoms with Crippen LogP contribution in [-0.2, 0) is 15.0 Å². The number of fused-ring (bicyclic) bond motifs is 2. The zero-order valence-corrected chi connectivity index (χ0v) is 11.6. The van der Waals surface area contributed by atoms with E-state index in [0.29, 0.717) is 6.54 Å². The molecule has 2 aliphatic heterocycles. The van der Waals surface area contributed by atoms with Crippen molar-refractivity contribution in [2.45, 2.75) is 18.3 Å². The average Bonchev–Trinajstić information content (AvgIpc) is 2.62. The Balaban J connectivity index is 1.99. The number of hydrogen-bond donors (Lipinski definition) is 1. The lowest BCUT2D eigenvalue weighted by molar-refractivity contribution is -0.127. The van der Waals surface area contributed by atoms with Crippen molar-refractivity contribution in [2.24, 2.45) is 5.73 Å². The summed E-state index contributed by atoms with van der Waals surface area (Å²) < 4.78 is 0. The Morgan fingerprint density at radius 2 is 2.15 bits per heavy atom. The van der Waals surface area contributed by atoms with Crippen molar-refractivity contribution in [3.8, 4) is 0 Å². The third kappa shape index (κ3) is 1.81. The van der Waals surface area contributed by atoms with E-state index in [2.05, 4.69) is 0 Å². The summed E-state index contributed by atoms with van der Waals surface area (Å²) in [5, 5.41) is 0. The number of nitrogens with two attached hydrogens (primary N) is 1. The predicted molar refractivity (Wildman–Crippen MR) is 76.4 cm³/mol. The smallest absolute Gasteiger partial charge is 0.238 e. The Morgan fingerprint density at radius 3 is 2.90 bits per heavy atom. The third-order valence-corrected chi connectivity index (χ3v) is 4.45. The first-order valence-electron chi connectivity index (χ1n) is 6.93. The number of amides is 2. The number of carbonyl (C=O) groups excluding carboxylic acids is 2. The van der Waals surface area contributed by atoms with Crippen LogP contribution in [0, 0.1) is 0 Å². The highest BCUT2D eigenvalue weighted by molar-refractivity contribution is 6.08. The highest BCUT2D eigenvalue weighted by Gasteiger charge is 2.51. The fourth-order valence-corrected chi connectivity index (χ4v) is 3.61. The molecule has 1 saturated heterocycles.